The lowest BCUT2D eigenvalue weighted by molar-refractivity contribution is 0.591. The molecule has 0 saturated carbocycles. The van der Waals surface area contributed by atoms with Crippen LogP contribution in [-0.2, 0) is 5.41 Å². The maximum atomic E-state index is 4.60. The molecule has 8 aromatic rings. The van der Waals surface area contributed by atoms with Crippen LogP contribution < -0.4 is 0 Å². The molecule has 1 nitrogen and oxygen atoms in total. The van der Waals surface area contributed by atoms with E-state index < -0.39 is 0 Å². The first-order chi connectivity index (χ1) is 23.8. The quantitative estimate of drug-likeness (QED) is 0.172. The van der Waals surface area contributed by atoms with Gasteiger partial charge in [-0.1, -0.05) is 161 Å². The topological polar surface area (TPSA) is 12.4 Å². The van der Waals surface area contributed by atoms with Crippen molar-refractivity contribution >= 4 is 54.9 Å². The number of hydrogen-bond acceptors (Lipinski definition) is 1. The number of fused-ring (bicyclic) bond motifs is 1. The van der Waals surface area contributed by atoms with Gasteiger partial charge in [-0.05, 0) is 111 Å². The molecular weight excluding hydrogens is 591 g/mol. The first-order valence-electron chi connectivity index (χ1n) is 17.5. The fourth-order valence-electron chi connectivity index (χ4n) is 7.87. The molecule has 1 aliphatic heterocycles. The molecule has 0 spiro atoms. The third kappa shape index (κ3) is 5.04. The first kappa shape index (κ1) is 29.6. The van der Waals surface area contributed by atoms with E-state index in [1.165, 1.54) is 93.2 Å². The lowest BCUT2D eigenvalue weighted by Crippen LogP contribution is -2.10. The fourth-order valence-corrected chi connectivity index (χ4v) is 7.87. The van der Waals surface area contributed by atoms with Crippen molar-refractivity contribution in [2.75, 3.05) is 6.54 Å². The van der Waals surface area contributed by atoms with E-state index in [9.17, 15) is 0 Å². The van der Waals surface area contributed by atoms with Gasteiger partial charge in [-0.25, -0.2) is 0 Å². The van der Waals surface area contributed by atoms with Gasteiger partial charge in [-0.3, -0.25) is 4.99 Å². The molecule has 0 aromatic heterocycles. The zero-order valence-electron chi connectivity index (χ0n) is 28.6. The van der Waals surface area contributed by atoms with Crippen LogP contribution in [0.15, 0.2) is 145 Å². The molecular formula is C48H39N. The second-order valence-electron chi connectivity index (χ2n) is 14.9. The van der Waals surface area contributed by atoms with Crippen LogP contribution in [0.5, 0.6) is 0 Å². The Balaban J connectivity index is 1.25. The summed E-state index contributed by atoms with van der Waals surface area (Å²) in [7, 11) is 0. The molecule has 0 N–H and O–H groups in total. The smallest absolute Gasteiger partial charge is 0.0449 e. The average Bonchev–Trinajstić information content (AvgIpc) is 3.13. The van der Waals surface area contributed by atoms with Gasteiger partial charge in [0, 0.05) is 12.8 Å². The molecule has 236 valence electrons. The zero-order chi connectivity index (χ0) is 33.3. The van der Waals surface area contributed by atoms with Crippen LogP contribution in [-0.4, -0.2) is 12.8 Å². The van der Waals surface area contributed by atoms with Crippen LogP contribution in [0, 0.1) is 5.92 Å². The molecule has 0 fully saturated rings. The van der Waals surface area contributed by atoms with Crippen LogP contribution in [0.25, 0.3) is 82.0 Å². The maximum Gasteiger partial charge on any atom is 0.0449 e. The van der Waals surface area contributed by atoms with Crippen LogP contribution in [0.1, 0.15) is 38.8 Å². The van der Waals surface area contributed by atoms with Crippen LogP contribution >= 0.6 is 0 Å². The van der Waals surface area contributed by atoms with E-state index in [2.05, 4.69) is 172 Å². The molecule has 0 saturated heterocycles. The molecule has 1 heteroatoms. The summed E-state index contributed by atoms with van der Waals surface area (Å²) in [6.45, 7) is 10.0. The molecule has 0 radical (unpaired) electrons. The lowest BCUT2D eigenvalue weighted by atomic mass is 9.81. The molecule has 49 heavy (non-hydrogen) atoms. The summed E-state index contributed by atoms with van der Waals surface area (Å²) in [5.41, 5.74) is 11.4. The average molecular weight is 630 g/mol. The molecule has 0 aliphatic carbocycles. The Labute approximate surface area is 288 Å². The lowest BCUT2D eigenvalue weighted by Gasteiger charge is -2.23. The molecule has 0 amide bonds. The third-order valence-corrected chi connectivity index (χ3v) is 10.5. The van der Waals surface area contributed by atoms with E-state index in [0.717, 1.165) is 6.54 Å². The Morgan fingerprint density at radius 3 is 1.69 bits per heavy atom. The predicted octanol–water partition coefficient (Wildman–Crippen LogP) is 13.1. The first-order valence-corrected chi connectivity index (χ1v) is 17.5. The van der Waals surface area contributed by atoms with E-state index in [1.54, 1.807) is 0 Å². The van der Waals surface area contributed by atoms with Gasteiger partial charge < -0.3 is 0 Å². The Hall–Kier alpha value is -5.53. The number of hydrogen-bond donors (Lipinski definition) is 0. The monoisotopic (exact) mass is 629 g/mol. The van der Waals surface area contributed by atoms with E-state index in [4.69, 9.17) is 0 Å². The predicted molar refractivity (Wildman–Crippen MR) is 213 cm³/mol. The highest BCUT2D eigenvalue weighted by Gasteiger charge is 2.20. The van der Waals surface area contributed by atoms with Gasteiger partial charge in [-0.2, -0.15) is 0 Å². The number of benzene rings is 8. The van der Waals surface area contributed by atoms with Gasteiger partial charge in [0.05, 0.1) is 0 Å². The van der Waals surface area contributed by atoms with E-state index in [1.807, 2.05) is 6.21 Å². The van der Waals surface area contributed by atoms with Crippen LogP contribution in [0.2, 0.25) is 0 Å². The zero-order valence-corrected chi connectivity index (χ0v) is 28.6. The largest absolute Gasteiger partial charge is 0.292 e. The number of allylic oxidation sites excluding steroid dienone is 1. The molecule has 9 rings (SSSR count). The van der Waals surface area contributed by atoms with Gasteiger partial charge in [0.25, 0.3) is 0 Å². The molecule has 1 unspecified atom stereocenters. The van der Waals surface area contributed by atoms with E-state index >= 15 is 0 Å². The fraction of sp³-hybridized carbons (Fsp3) is 0.146. The molecule has 1 atom stereocenters. The van der Waals surface area contributed by atoms with Crippen LogP contribution in [0.3, 0.4) is 0 Å². The van der Waals surface area contributed by atoms with Crippen molar-refractivity contribution < 1.29 is 0 Å². The summed E-state index contributed by atoms with van der Waals surface area (Å²) in [4.78, 5) is 4.60. The van der Waals surface area contributed by atoms with Gasteiger partial charge >= 0.3 is 0 Å². The molecule has 1 heterocycles. The number of nitrogens with zero attached hydrogens (tertiary/aromatic N) is 1. The summed E-state index contributed by atoms with van der Waals surface area (Å²) < 4.78 is 0. The van der Waals surface area contributed by atoms with Gasteiger partial charge in [0.15, 0.2) is 0 Å². The number of dihydropyridines is 1. The summed E-state index contributed by atoms with van der Waals surface area (Å²) >= 11 is 0. The van der Waals surface area contributed by atoms with Crippen LogP contribution in [0.4, 0.5) is 0 Å². The SMILES string of the molecule is CC1C=C(c2ccc(-c3cc(-c4ccc(-c5cccc6ccccc56)cc4)c4ccc5cc(C(C)(C)C)cc6ccc3c4c65)cc2)C=NC1. The number of rotatable bonds is 4. The van der Waals surface area contributed by atoms with Crippen molar-refractivity contribution in [1.82, 2.24) is 0 Å². The van der Waals surface area contributed by atoms with Crippen molar-refractivity contribution in [3.8, 4) is 33.4 Å². The Morgan fingerprint density at radius 2 is 1.08 bits per heavy atom. The van der Waals surface area contributed by atoms with Gasteiger partial charge in [-0.15, -0.1) is 0 Å². The van der Waals surface area contributed by atoms with Gasteiger partial charge in [0.2, 0.25) is 0 Å². The van der Waals surface area contributed by atoms with Crippen molar-refractivity contribution in [2.45, 2.75) is 33.1 Å². The van der Waals surface area contributed by atoms with Gasteiger partial charge in [0.1, 0.15) is 0 Å². The maximum absolute atomic E-state index is 4.60. The molecule has 0 bridgehead atoms. The highest BCUT2D eigenvalue weighted by molar-refractivity contribution is 6.28. The Bertz CT molecular complexity index is 2570. The summed E-state index contributed by atoms with van der Waals surface area (Å²) in [6.07, 6.45) is 4.36. The highest BCUT2D eigenvalue weighted by Crippen LogP contribution is 2.45. The second kappa shape index (κ2) is 11.3. The highest BCUT2D eigenvalue weighted by atomic mass is 14.7. The second-order valence-corrected chi connectivity index (χ2v) is 14.9. The van der Waals surface area contributed by atoms with Crippen molar-refractivity contribution in [3.05, 3.63) is 151 Å². The van der Waals surface area contributed by atoms with Crippen molar-refractivity contribution in [2.24, 2.45) is 10.9 Å². The van der Waals surface area contributed by atoms with E-state index in [0.29, 0.717) is 5.92 Å². The summed E-state index contributed by atoms with van der Waals surface area (Å²) in [6, 6.07) is 50.2. The van der Waals surface area contributed by atoms with E-state index in [-0.39, 0.29) is 5.41 Å². The molecule has 8 aromatic carbocycles. The summed E-state index contributed by atoms with van der Waals surface area (Å²) in [5.74, 6) is 0.464. The Kier molecular flexibility index (Phi) is 6.81. The number of aliphatic imine (C=N–C) groups is 1. The molecule has 1 aliphatic rings. The normalized spacial score (nSPS) is 15.1. The van der Waals surface area contributed by atoms with Crippen molar-refractivity contribution in [1.29, 1.82) is 0 Å². The summed E-state index contributed by atoms with van der Waals surface area (Å²) in [5, 5.41) is 10.5. The third-order valence-electron chi connectivity index (χ3n) is 10.5. The minimum atomic E-state index is 0.0740. The minimum absolute atomic E-state index is 0.0740. The van der Waals surface area contributed by atoms with Crippen molar-refractivity contribution in [3.63, 3.8) is 0 Å². The minimum Gasteiger partial charge on any atom is -0.292 e. The standard InChI is InChI=1S/C48H39N/c1-30-24-38(29-49-28-30)31-12-14-34(15-13-31)44-27-45(35-18-16-33(17-19-35)41-11-7-9-32-8-5-6-10-40(32)41)43-23-21-37-26-39(48(2,3)4)25-36-20-22-42(44)47(43)46(36)37/h5-27,29-30H,28H2,1-4H3. The Morgan fingerprint density at radius 1 is 0.510 bits per heavy atom.